The molecule has 0 bridgehead atoms. The minimum absolute atomic E-state index is 0.201. The number of aliphatic carboxylic acids is 1. The van der Waals surface area contributed by atoms with E-state index in [1.165, 1.54) is 0 Å². The van der Waals surface area contributed by atoms with Crippen LogP contribution in [0.4, 0.5) is 0 Å². The van der Waals surface area contributed by atoms with E-state index in [0.29, 0.717) is 12.8 Å². The Morgan fingerprint density at radius 1 is 0.826 bits per heavy atom. The quantitative estimate of drug-likeness (QED) is 0.202. The summed E-state index contributed by atoms with van der Waals surface area (Å²) in [5.41, 5.74) is 0. The molecule has 0 amide bonds. The maximum atomic E-state index is 11.5. The molecule has 1 N–H and O–H groups in total. The van der Waals surface area contributed by atoms with E-state index < -0.39 is 5.97 Å². The normalized spacial score (nSPS) is 12.2. The van der Waals surface area contributed by atoms with Gasteiger partial charge in [-0.2, -0.15) is 0 Å². The molecule has 0 aromatic rings. The van der Waals surface area contributed by atoms with E-state index in [4.69, 9.17) is 5.11 Å². The zero-order valence-electron chi connectivity index (χ0n) is 14.2. The van der Waals surface area contributed by atoms with E-state index in [0.717, 1.165) is 38.5 Å². The van der Waals surface area contributed by atoms with Crippen molar-refractivity contribution < 1.29 is 14.7 Å². The summed E-state index contributed by atoms with van der Waals surface area (Å²) in [6.07, 6.45) is 23.0. The Bertz CT molecular complexity index is 428. The number of unbranched alkanes of at least 4 members (excludes halogenated alkanes) is 3. The lowest BCUT2D eigenvalue weighted by Crippen LogP contribution is -1.92. The zero-order chi connectivity index (χ0) is 17.2. The number of hydrogen-bond acceptors (Lipinski definition) is 2. The second-order valence-electron chi connectivity index (χ2n) is 5.41. The Morgan fingerprint density at radius 2 is 1.52 bits per heavy atom. The van der Waals surface area contributed by atoms with Crippen LogP contribution in [-0.2, 0) is 9.59 Å². The van der Waals surface area contributed by atoms with Crippen molar-refractivity contribution in [1.82, 2.24) is 0 Å². The third-order valence-corrected chi connectivity index (χ3v) is 3.20. The van der Waals surface area contributed by atoms with Gasteiger partial charge in [0.15, 0.2) is 5.78 Å². The third-order valence-electron chi connectivity index (χ3n) is 3.20. The minimum atomic E-state index is -0.734. The third kappa shape index (κ3) is 18.1. The highest BCUT2D eigenvalue weighted by molar-refractivity contribution is 5.89. The molecule has 0 aromatic carbocycles. The van der Waals surface area contributed by atoms with Crippen LogP contribution in [0, 0.1) is 0 Å². The second-order valence-corrected chi connectivity index (χ2v) is 5.41. The van der Waals surface area contributed by atoms with Gasteiger partial charge in [-0.3, -0.25) is 9.59 Å². The van der Waals surface area contributed by atoms with Crippen molar-refractivity contribution in [2.75, 3.05) is 0 Å². The summed E-state index contributed by atoms with van der Waals surface area (Å²) in [5.74, 6) is -0.534. The maximum Gasteiger partial charge on any atom is 0.303 e. The van der Waals surface area contributed by atoms with Crippen LogP contribution in [0.1, 0.15) is 64.7 Å². The highest BCUT2D eigenvalue weighted by Gasteiger charge is 1.94. The number of carboxylic acid groups (broad SMARTS) is 1. The number of carbonyl (C=O) groups is 2. The monoisotopic (exact) mass is 318 g/mol. The topological polar surface area (TPSA) is 54.4 Å². The number of rotatable bonds is 14. The molecule has 0 aliphatic heterocycles. The SMILES string of the molecule is CCCCCC(=O)/C=C\C=C/C/C=C\C/C=C/CCCC(=O)O. The predicted molar refractivity (Wildman–Crippen MR) is 96.4 cm³/mol. The van der Waals surface area contributed by atoms with Crippen molar-refractivity contribution in [3.8, 4) is 0 Å². The summed E-state index contributed by atoms with van der Waals surface area (Å²) >= 11 is 0. The van der Waals surface area contributed by atoms with Gasteiger partial charge in [-0.15, -0.1) is 0 Å². The molecule has 0 radical (unpaired) electrons. The van der Waals surface area contributed by atoms with Crippen molar-refractivity contribution in [2.45, 2.75) is 64.7 Å². The van der Waals surface area contributed by atoms with Gasteiger partial charge < -0.3 is 5.11 Å². The lowest BCUT2D eigenvalue weighted by molar-refractivity contribution is -0.137. The number of allylic oxidation sites excluding steroid dienone is 8. The average molecular weight is 318 g/mol. The van der Waals surface area contributed by atoms with Crippen LogP contribution in [0.5, 0.6) is 0 Å². The molecule has 0 aliphatic rings. The fourth-order valence-corrected chi connectivity index (χ4v) is 1.89. The Labute approximate surface area is 140 Å². The number of carbonyl (C=O) groups excluding carboxylic acids is 1. The smallest absolute Gasteiger partial charge is 0.303 e. The summed E-state index contributed by atoms with van der Waals surface area (Å²) < 4.78 is 0. The summed E-state index contributed by atoms with van der Waals surface area (Å²) in [5, 5.41) is 8.49. The van der Waals surface area contributed by atoms with Gasteiger partial charge in [-0.05, 0) is 38.2 Å². The first kappa shape index (κ1) is 21.1. The van der Waals surface area contributed by atoms with Gasteiger partial charge in [0.2, 0.25) is 0 Å². The summed E-state index contributed by atoms with van der Waals surface area (Å²) in [6.45, 7) is 2.13. The summed E-state index contributed by atoms with van der Waals surface area (Å²) in [7, 11) is 0. The molecule has 0 aromatic heterocycles. The van der Waals surface area contributed by atoms with Crippen molar-refractivity contribution in [2.24, 2.45) is 0 Å². The number of carboxylic acids is 1. The molecule has 0 spiro atoms. The average Bonchev–Trinajstić information content (AvgIpc) is 2.51. The van der Waals surface area contributed by atoms with Gasteiger partial charge in [0.25, 0.3) is 0 Å². The maximum absolute atomic E-state index is 11.5. The van der Waals surface area contributed by atoms with Gasteiger partial charge >= 0.3 is 5.97 Å². The molecule has 3 heteroatoms. The van der Waals surface area contributed by atoms with Crippen LogP contribution in [0.2, 0.25) is 0 Å². The van der Waals surface area contributed by atoms with Crippen molar-refractivity contribution in [1.29, 1.82) is 0 Å². The lowest BCUT2D eigenvalue weighted by atomic mass is 10.1. The van der Waals surface area contributed by atoms with Gasteiger partial charge in [0.1, 0.15) is 0 Å². The first-order chi connectivity index (χ1) is 11.2. The molecule has 0 atom stereocenters. The Hall–Kier alpha value is -1.90. The first-order valence-corrected chi connectivity index (χ1v) is 8.54. The largest absolute Gasteiger partial charge is 0.481 e. The van der Waals surface area contributed by atoms with Crippen molar-refractivity contribution in [3.63, 3.8) is 0 Å². The van der Waals surface area contributed by atoms with E-state index in [-0.39, 0.29) is 12.2 Å². The molecular formula is C20H30O3. The minimum Gasteiger partial charge on any atom is -0.481 e. The van der Waals surface area contributed by atoms with E-state index in [1.54, 1.807) is 6.08 Å². The van der Waals surface area contributed by atoms with E-state index in [2.05, 4.69) is 25.2 Å². The molecule has 0 fully saturated rings. The summed E-state index contributed by atoms with van der Waals surface area (Å²) in [4.78, 5) is 21.8. The van der Waals surface area contributed by atoms with Crippen LogP contribution in [-0.4, -0.2) is 16.9 Å². The van der Waals surface area contributed by atoms with Crippen LogP contribution in [0.3, 0.4) is 0 Å². The van der Waals surface area contributed by atoms with Gasteiger partial charge in [0, 0.05) is 12.8 Å². The zero-order valence-corrected chi connectivity index (χ0v) is 14.2. The highest BCUT2D eigenvalue weighted by atomic mass is 16.4. The van der Waals surface area contributed by atoms with Gasteiger partial charge in [-0.1, -0.05) is 62.3 Å². The molecule has 0 saturated carbocycles. The van der Waals surface area contributed by atoms with Crippen LogP contribution in [0.15, 0.2) is 48.6 Å². The fourth-order valence-electron chi connectivity index (χ4n) is 1.89. The molecule has 0 rings (SSSR count). The van der Waals surface area contributed by atoms with Crippen LogP contribution in [0.25, 0.3) is 0 Å². The van der Waals surface area contributed by atoms with E-state index in [9.17, 15) is 9.59 Å². The molecule has 0 saturated heterocycles. The van der Waals surface area contributed by atoms with Gasteiger partial charge in [0.05, 0.1) is 0 Å². The highest BCUT2D eigenvalue weighted by Crippen LogP contribution is 2.01. The van der Waals surface area contributed by atoms with Crippen LogP contribution >= 0.6 is 0 Å². The van der Waals surface area contributed by atoms with Gasteiger partial charge in [-0.25, -0.2) is 0 Å². The molecule has 0 unspecified atom stereocenters. The molecular weight excluding hydrogens is 288 g/mol. The van der Waals surface area contributed by atoms with Crippen molar-refractivity contribution >= 4 is 11.8 Å². The first-order valence-electron chi connectivity index (χ1n) is 8.54. The van der Waals surface area contributed by atoms with E-state index in [1.807, 2.05) is 24.3 Å². The predicted octanol–water partition coefficient (Wildman–Crippen LogP) is 5.40. The second kappa shape index (κ2) is 16.5. The molecule has 128 valence electrons. The van der Waals surface area contributed by atoms with Crippen molar-refractivity contribution in [3.05, 3.63) is 48.6 Å². The molecule has 23 heavy (non-hydrogen) atoms. The molecule has 0 heterocycles. The summed E-state index contributed by atoms with van der Waals surface area (Å²) in [6, 6.07) is 0. The Kier molecular flexibility index (Phi) is 15.1. The standard InChI is InChI=1S/C20H30O3/c1-2-3-13-16-19(21)17-14-11-9-7-5-4-6-8-10-12-15-18-20(22)23/h4-5,8-11,14,17H,2-3,6-7,12-13,15-16,18H2,1H3,(H,22,23)/b5-4-,10-8+,11-9-,17-14-. The molecule has 0 aliphatic carbocycles. The Morgan fingerprint density at radius 3 is 2.22 bits per heavy atom. The lowest BCUT2D eigenvalue weighted by Gasteiger charge is -1.92. The number of hydrogen-bond donors (Lipinski definition) is 1. The van der Waals surface area contributed by atoms with Crippen LogP contribution < -0.4 is 0 Å². The number of ketones is 1. The van der Waals surface area contributed by atoms with E-state index >= 15 is 0 Å². The molecule has 3 nitrogen and oxygen atoms in total. The Balaban J connectivity index is 3.59. The fraction of sp³-hybridized carbons (Fsp3) is 0.500.